The van der Waals surface area contributed by atoms with Gasteiger partial charge in [-0.3, -0.25) is 14.6 Å². The van der Waals surface area contributed by atoms with Crippen LogP contribution in [0.1, 0.15) is 42.4 Å². The Morgan fingerprint density at radius 1 is 0.875 bits per heavy atom. The summed E-state index contributed by atoms with van der Waals surface area (Å²) in [6.07, 6.45) is 4.04. The first-order valence-electron chi connectivity index (χ1n) is 11.6. The number of halogens is 1. The molecule has 1 atom stereocenters. The SMILES string of the molecule is N#Cc1ccc(CN2CCCN(C(=O)[C@H]3CCCCN3Cc3ccc(F)cc3)CC2)cc1. The standard InChI is InChI=1S/C26H31FN4O/c27-24-11-9-23(10-12-24)20-31-14-2-1-4-25(31)26(32)30-15-3-13-29(16-17-30)19-22-7-5-21(18-28)6-8-22/h5-12,25H,1-4,13-17,19-20H2/t25-/m1/s1. The quantitative estimate of drug-likeness (QED) is 0.719. The maximum absolute atomic E-state index is 13.5. The zero-order valence-electron chi connectivity index (χ0n) is 18.5. The van der Waals surface area contributed by atoms with Crippen molar-refractivity contribution in [2.45, 2.75) is 44.8 Å². The molecule has 32 heavy (non-hydrogen) atoms. The third kappa shape index (κ3) is 5.73. The molecule has 6 heteroatoms. The Kier molecular flexibility index (Phi) is 7.51. The summed E-state index contributed by atoms with van der Waals surface area (Å²) in [6, 6.07) is 16.5. The van der Waals surface area contributed by atoms with E-state index < -0.39 is 0 Å². The van der Waals surface area contributed by atoms with Crippen LogP contribution < -0.4 is 0 Å². The summed E-state index contributed by atoms with van der Waals surface area (Å²) in [5.41, 5.74) is 2.93. The van der Waals surface area contributed by atoms with E-state index >= 15 is 0 Å². The first-order chi connectivity index (χ1) is 15.6. The molecule has 2 aliphatic rings. The smallest absolute Gasteiger partial charge is 0.239 e. The number of carbonyl (C=O) groups excluding carboxylic acids is 1. The van der Waals surface area contributed by atoms with E-state index in [1.807, 2.05) is 41.3 Å². The molecule has 2 fully saturated rings. The number of nitrogens with zero attached hydrogens (tertiary/aromatic N) is 4. The van der Waals surface area contributed by atoms with Crippen LogP contribution in [0.5, 0.6) is 0 Å². The molecule has 4 rings (SSSR count). The fourth-order valence-electron chi connectivity index (χ4n) is 4.79. The second kappa shape index (κ2) is 10.7. The van der Waals surface area contributed by atoms with Crippen molar-refractivity contribution in [1.29, 1.82) is 5.26 Å². The Balaban J connectivity index is 1.35. The van der Waals surface area contributed by atoms with Gasteiger partial charge in [0.25, 0.3) is 0 Å². The Labute approximate surface area is 190 Å². The lowest BCUT2D eigenvalue weighted by Crippen LogP contribution is -2.51. The van der Waals surface area contributed by atoms with Crippen LogP contribution in [0.2, 0.25) is 0 Å². The zero-order valence-corrected chi connectivity index (χ0v) is 18.5. The summed E-state index contributed by atoms with van der Waals surface area (Å²) >= 11 is 0. The van der Waals surface area contributed by atoms with Gasteiger partial charge < -0.3 is 4.90 Å². The lowest BCUT2D eigenvalue weighted by Gasteiger charge is -2.37. The number of likely N-dealkylation sites (tertiary alicyclic amines) is 1. The molecule has 168 valence electrons. The molecule has 0 unspecified atom stereocenters. The van der Waals surface area contributed by atoms with E-state index in [9.17, 15) is 9.18 Å². The molecule has 0 radical (unpaired) electrons. The number of hydrogen-bond donors (Lipinski definition) is 0. The van der Waals surface area contributed by atoms with Crippen LogP contribution in [0, 0.1) is 17.1 Å². The monoisotopic (exact) mass is 434 g/mol. The van der Waals surface area contributed by atoms with Crippen LogP contribution >= 0.6 is 0 Å². The minimum atomic E-state index is -0.227. The Morgan fingerprint density at radius 2 is 1.59 bits per heavy atom. The minimum Gasteiger partial charge on any atom is -0.340 e. The lowest BCUT2D eigenvalue weighted by atomic mass is 9.99. The van der Waals surface area contributed by atoms with Gasteiger partial charge in [-0.05, 0) is 61.2 Å². The molecule has 2 aromatic carbocycles. The summed E-state index contributed by atoms with van der Waals surface area (Å²) in [4.78, 5) is 20.2. The topological polar surface area (TPSA) is 50.6 Å². The molecule has 0 saturated carbocycles. The summed E-state index contributed by atoms with van der Waals surface area (Å²) in [6.45, 7) is 5.80. The summed E-state index contributed by atoms with van der Waals surface area (Å²) in [7, 11) is 0. The number of rotatable bonds is 5. The van der Waals surface area contributed by atoms with Gasteiger partial charge in [0.2, 0.25) is 5.91 Å². The highest BCUT2D eigenvalue weighted by Crippen LogP contribution is 2.22. The molecular weight excluding hydrogens is 403 g/mol. The van der Waals surface area contributed by atoms with Crippen molar-refractivity contribution in [1.82, 2.24) is 14.7 Å². The predicted molar refractivity (Wildman–Crippen MR) is 122 cm³/mol. The average Bonchev–Trinajstić information content (AvgIpc) is 3.06. The van der Waals surface area contributed by atoms with E-state index in [0.717, 1.165) is 70.5 Å². The maximum atomic E-state index is 13.5. The highest BCUT2D eigenvalue weighted by molar-refractivity contribution is 5.82. The molecule has 0 N–H and O–H groups in total. The van der Waals surface area contributed by atoms with Crippen molar-refractivity contribution < 1.29 is 9.18 Å². The van der Waals surface area contributed by atoms with Crippen molar-refractivity contribution in [3.05, 3.63) is 71.0 Å². The fraction of sp³-hybridized carbons (Fsp3) is 0.462. The second-order valence-corrected chi connectivity index (χ2v) is 8.87. The Bertz CT molecular complexity index is 938. The number of benzene rings is 2. The second-order valence-electron chi connectivity index (χ2n) is 8.87. The van der Waals surface area contributed by atoms with Crippen molar-refractivity contribution in [3.8, 4) is 6.07 Å². The predicted octanol–water partition coefficient (Wildman–Crippen LogP) is 3.79. The maximum Gasteiger partial charge on any atom is 0.239 e. The van der Waals surface area contributed by atoms with Crippen LogP contribution in [-0.4, -0.2) is 59.4 Å². The lowest BCUT2D eigenvalue weighted by molar-refractivity contribution is -0.138. The number of carbonyl (C=O) groups is 1. The van der Waals surface area contributed by atoms with E-state index in [4.69, 9.17) is 5.26 Å². The highest BCUT2D eigenvalue weighted by Gasteiger charge is 2.32. The van der Waals surface area contributed by atoms with E-state index in [2.05, 4.69) is 15.9 Å². The zero-order chi connectivity index (χ0) is 22.3. The van der Waals surface area contributed by atoms with Crippen LogP contribution in [0.25, 0.3) is 0 Å². The van der Waals surface area contributed by atoms with Crippen LogP contribution in [0.15, 0.2) is 48.5 Å². The summed E-state index contributed by atoms with van der Waals surface area (Å²) in [5, 5.41) is 8.97. The molecule has 2 saturated heterocycles. The van der Waals surface area contributed by atoms with Gasteiger partial charge in [-0.2, -0.15) is 5.26 Å². The van der Waals surface area contributed by atoms with Gasteiger partial charge in [0, 0.05) is 39.3 Å². The van der Waals surface area contributed by atoms with E-state index in [0.29, 0.717) is 12.1 Å². The van der Waals surface area contributed by atoms with Gasteiger partial charge in [-0.15, -0.1) is 0 Å². The largest absolute Gasteiger partial charge is 0.340 e. The molecule has 2 aliphatic heterocycles. The number of amides is 1. The molecule has 1 amide bonds. The minimum absolute atomic E-state index is 0.0844. The van der Waals surface area contributed by atoms with Crippen LogP contribution in [0.3, 0.4) is 0 Å². The number of hydrogen-bond acceptors (Lipinski definition) is 4. The molecular formula is C26H31FN4O. The van der Waals surface area contributed by atoms with E-state index in [-0.39, 0.29) is 17.8 Å². The summed E-state index contributed by atoms with van der Waals surface area (Å²) in [5.74, 6) is 0.0159. The normalized spacial score (nSPS) is 20.5. The Hall–Kier alpha value is -2.75. The van der Waals surface area contributed by atoms with Gasteiger partial charge in [0.1, 0.15) is 5.82 Å². The third-order valence-electron chi connectivity index (χ3n) is 6.59. The highest BCUT2D eigenvalue weighted by atomic mass is 19.1. The van der Waals surface area contributed by atoms with Crippen molar-refractivity contribution in [2.24, 2.45) is 0 Å². The average molecular weight is 435 g/mol. The molecule has 2 aromatic rings. The molecule has 5 nitrogen and oxygen atoms in total. The third-order valence-corrected chi connectivity index (χ3v) is 6.59. The van der Waals surface area contributed by atoms with Crippen LogP contribution in [-0.2, 0) is 17.9 Å². The van der Waals surface area contributed by atoms with Crippen molar-refractivity contribution >= 4 is 5.91 Å². The molecule has 0 aromatic heterocycles. The summed E-state index contributed by atoms with van der Waals surface area (Å²) < 4.78 is 13.3. The van der Waals surface area contributed by atoms with Gasteiger partial charge in [0.05, 0.1) is 17.7 Å². The van der Waals surface area contributed by atoms with E-state index in [1.165, 1.54) is 17.7 Å². The molecule has 0 bridgehead atoms. The fourth-order valence-corrected chi connectivity index (χ4v) is 4.79. The number of nitriles is 1. The molecule has 0 spiro atoms. The number of piperidine rings is 1. The first kappa shape index (κ1) is 22.4. The Morgan fingerprint density at radius 3 is 2.34 bits per heavy atom. The van der Waals surface area contributed by atoms with Crippen LogP contribution in [0.4, 0.5) is 4.39 Å². The van der Waals surface area contributed by atoms with Crippen molar-refractivity contribution in [2.75, 3.05) is 32.7 Å². The molecule has 2 heterocycles. The van der Waals surface area contributed by atoms with Gasteiger partial charge >= 0.3 is 0 Å². The van der Waals surface area contributed by atoms with E-state index in [1.54, 1.807) is 0 Å². The van der Waals surface area contributed by atoms with Gasteiger partial charge in [0.15, 0.2) is 0 Å². The van der Waals surface area contributed by atoms with Gasteiger partial charge in [-0.1, -0.05) is 30.7 Å². The van der Waals surface area contributed by atoms with Crippen molar-refractivity contribution in [3.63, 3.8) is 0 Å². The van der Waals surface area contributed by atoms with Gasteiger partial charge in [-0.25, -0.2) is 4.39 Å². The first-order valence-corrected chi connectivity index (χ1v) is 11.6. The molecule has 0 aliphatic carbocycles.